The highest BCUT2D eigenvalue weighted by Gasteiger charge is 2.33. The third kappa shape index (κ3) is 4.77. The van der Waals surface area contributed by atoms with Crippen molar-refractivity contribution in [2.24, 2.45) is 5.73 Å². The van der Waals surface area contributed by atoms with Gasteiger partial charge in [-0.15, -0.1) is 0 Å². The number of carbonyl (C=O) groups excluding carboxylic acids is 2. The van der Waals surface area contributed by atoms with Crippen molar-refractivity contribution in [2.45, 2.75) is 6.10 Å². The number of amides is 2. The number of cyclic esters (lactones) is 1. The number of nitrogens with two attached hydrogens (primary N) is 1. The van der Waals surface area contributed by atoms with Crippen LogP contribution in [0.3, 0.4) is 0 Å². The number of carbonyl (C=O) groups is 2. The van der Waals surface area contributed by atoms with Gasteiger partial charge < -0.3 is 24.8 Å². The van der Waals surface area contributed by atoms with Gasteiger partial charge in [0.1, 0.15) is 18.2 Å². The Morgan fingerprint density at radius 1 is 1.13 bits per heavy atom. The molecule has 3 N–H and O–H groups in total. The molecule has 2 aliphatic heterocycles. The summed E-state index contributed by atoms with van der Waals surface area (Å²) in [5.74, 6) is 0.408. The molecule has 2 heterocycles. The van der Waals surface area contributed by atoms with Gasteiger partial charge >= 0.3 is 6.09 Å². The van der Waals surface area contributed by atoms with Gasteiger partial charge in [-0.1, -0.05) is 18.2 Å². The smallest absolute Gasteiger partial charge is 0.414 e. The molecule has 1 unspecified atom stereocenters. The fourth-order valence-corrected chi connectivity index (χ4v) is 3.52. The van der Waals surface area contributed by atoms with E-state index in [4.69, 9.17) is 25.4 Å². The average molecular weight is 424 g/mol. The standard InChI is InChI=1S/C22H24N4O5/c23-20(24)15-3-1-5-17(11-15)26-13-19(31-22(26)28)14-30-18-6-2-4-16(12-18)21(27)25-7-9-29-10-8-25/h1-6,11-12,19H,7-10,13-14H2,(H3,23,24). The summed E-state index contributed by atoms with van der Waals surface area (Å²) in [7, 11) is 0. The van der Waals surface area contributed by atoms with E-state index in [1.807, 2.05) is 0 Å². The van der Waals surface area contributed by atoms with Gasteiger partial charge in [0.05, 0.1) is 19.8 Å². The van der Waals surface area contributed by atoms with Gasteiger partial charge in [-0.2, -0.15) is 0 Å². The molecular formula is C22H24N4O5. The minimum Gasteiger partial charge on any atom is -0.490 e. The predicted molar refractivity (Wildman–Crippen MR) is 114 cm³/mol. The van der Waals surface area contributed by atoms with Gasteiger partial charge in [0, 0.05) is 29.9 Å². The first-order valence-corrected chi connectivity index (χ1v) is 10.0. The molecule has 2 amide bonds. The zero-order valence-electron chi connectivity index (χ0n) is 17.0. The molecule has 0 saturated carbocycles. The summed E-state index contributed by atoms with van der Waals surface area (Å²) in [5.41, 5.74) is 7.22. The quantitative estimate of drug-likeness (QED) is 0.540. The minimum atomic E-state index is -0.481. The topological polar surface area (TPSA) is 118 Å². The monoisotopic (exact) mass is 424 g/mol. The van der Waals surface area contributed by atoms with Crippen molar-refractivity contribution < 1.29 is 23.8 Å². The Morgan fingerprint density at radius 2 is 1.87 bits per heavy atom. The molecule has 2 aromatic rings. The number of anilines is 1. The number of amidine groups is 1. The van der Waals surface area contributed by atoms with Gasteiger partial charge in [0.15, 0.2) is 6.10 Å². The van der Waals surface area contributed by atoms with Crippen LogP contribution in [-0.2, 0) is 9.47 Å². The summed E-state index contributed by atoms with van der Waals surface area (Å²) in [6.45, 7) is 2.70. The number of hydrogen-bond acceptors (Lipinski definition) is 6. The molecule has 9 nitrogen and oxygen atoms in total. The lowest BCUT2D eigenvalue weighted by Gasteiger charge is -2.27. The van der Waals surface area contributed by atoms with Crippen LogP contribution in [0.4, 0.5) is 10.5 Å². The number of ether oxygens (including phenoxy) is 3. The van der Waals surface area contributed by atoms with Crippen molar-refractivity contribution >= 4 is 23.5 Å². The Balaban J connectivity index is 1.37. The SMILES string of the molecule is N=C(N)c1cccc(N2CC(COc3cccc(C(=O)N4CCOCC4)c3)OC2=O)c1. The number of morpholine rings is 1. The lowest BCUT2D eigenvalue weighted by Crippen LogP contribution is -2.40. The van der Waals surface area contributed by atoms with E-state index in [1.54, 1.807) is 53.4 Å². The number of nitrogens with zero attached hydrogens (tertiary/aromatic N) is 2. The van der Waals surface area contributed by atoms with Gasteiger partial charge in [0.2, 0.25) is 0 Å². The number of rotatable bonds is 6. The normalized spacial score (nSPS) is 18.6. The third-order valence-corrected chi connectivity index (χ3v) is 5.16. The number of benzene rings is 2. The first-order valence-electron chi connectivity index (χ1n) is 10.0. The fourth-order valence-electron chi connectivity index (χ4n) is 3.52. The molecule has 162 valence electrons. The molecule has 0 aromatic heterocycles. The lowest BCUT2D eigenvalue weighted by atomic mass is 10.1. The minimum absolute atomic E-state index is 0.0578. The fraction of sp³-hybridized carbons (Fsp3) is 0.318. The number of nitrogen functional groups attached to an aromatic ring is 1. The van der Waals surface area contributed by atoms with E-state index in [0.717, 1.165) is 0 Å². The third-order valence-electron chi connectivity index (χ3n) is 5.16. The molecule has 0 radical (unpaired) electrons. The second-order valence-corrected chi connectivity index (χ2v) is 7.32. The summed E-state index contributed by atoms with van der Waals surface area (Å²) >= 11 is 0. The van der Waals surface area contributed by atoms with Gasteiger partial charge in [-0.3, -0.25) is 15.1 Å². The van der Waals surface area contributed by atoms with Crippen LogP contribution in [0.2, 0.25) is 0 Å². The Bertz CT molecular complexity index is 989. The van der Waals surface area contributed by atoms with Gasteiger partial charge in [-0.25, -0.2) is 4.79 Å². The maximum Gasteiger partial charge on any atom is 0.414 e. The molecular weight excluding hydrogens is 400 g/mol. The molecule has 2 aliphatic rings. The van der Waals surface area contributed by atoms with Crippen molar-refractivity contribution in [2.75, 3.05) is 44.4 Å². The largest absolute Gasteiger partial charge is 0.490 e. The van der Waals surface area contributed by atoms with Crippen molar-refractivity contribution in [3.8, 4) is 5.75 Å². The van der Waals surface area contributed by atoms with Crippen LogP contribution >= 0.6 is 0 Å². The Hall–Kier alpha value is -3.59. The molecule has 2 aromatic carbocycles. The van der Waals surface area contributed by atoms with Crippen LogP contribution < -0.4 is 15.4 Å². The summed E-state index contributed by atoms with van der Waals surface area (Å²) in [5, 5.41) is 7.56. The molecule has 31 heavy (non-hydrogen) atoms. The van der Waals surface area contributed by atoms with E-state index in [1.165, 1.54) is 4.90 Å². The molecule has 2 fully saturated rings. The van der Waals surface area contributed by atoms with Gasteiger partial charge in [0.25, 0.3) is 5.91 Å². The average Bonchev–Trinajstić information content (AvgIpc) is 3.18. The molecule has 1 atom stereocenters. The van der Waals surface area contributed by atoms with E-state index in [-0.39, 0.29) is 18.3 Å². The molecule has 0 spiro atoms. The first-order chi connectivity index (χ1) is 15.0. The second kappa shape index (κ2) is 9.05. The van der Waals surface area contributed by atoms with Crippen molar-refractivity contribution in [1.29, 1.82) is 5.41 Å². The van der Waals surface area contributed by atoms with Crippen LogP contribution in [-0.4, -0.2) is 68.3 Å². The molecule has 4 rings (SSSR count). The van der Waals surface area contributed by atoms with Crippen molar-refractivity contribution in [1.82, 2.24) is 4.90 Å². The first kappa shape index (κ1) is 20.7. The zero-order chi connectivity index (χ0) is 21.8. The highest BCUT2D eigenvalue weighted by atomic mass is 16.6. The maximum absolute atomic E-state index is 12.6. The number of hydrogen-bond donors (Lipinski definition) is 2. The zero-order valence-corrected chi connectivity index (χ0v) is 17.0. The Morgan fingerprint density at radius 3 is 2.65 bits per heavy atom. The Kier molecular flexibility index (Phi) is 6.03. The van der Waals surface area contributed by atoms with E-state index in [2.05, 4.69) is 0 Å². The van der Waals surface area contributed by atoms with Crippen LogP contribution in [0.15, 0.2) is 48.5 Å². The van der Waals surface area contributed by atoms with Crippen LogP contribution in [0.1, 0.15) is 15.9 Å². The highest BCUT2D eigenvalue weighted by Crippen LogP contribution is 2.24. The van der Waals surface area contributed by atoms with Crippen molar-refractivity contribution in [3.05, 3.63) is 59.7 Å². The molecule has 0 bridgehead atoms. The summed E-state index contributed by atoms with van der Waals surface area (Å²) in [4.78, 5) is 28.2. The number of nitrogens with one attached hydrogen (secondary N) is 1. The Labute approximate surface area is 179 Å². The van der Waals surface area contributed by atoms with Crippen LogP contribution in [0.25, 0.3) is 0 Å². The lowest BCUT2D eigenvalue weighted by molar-refractivity contribution is 0.0302. The second-order valence-electron chi connectivity index (χ2n) is 7.32. The van der Waals surface area contributed by atoms with Crippen LogP contribution in [0.5, 0.6) is 5.75 Å². The molecule has 9 heteroatoms. The van der Waals surface area contributed by atoms with E-state index in [9.17, 15) is 9.59 Å². The van der Waals surface area contributed by atoms with E-state index >= 15 is 0 Å². The maximum atomic E-state index is 12.6. The van der Waals surface area contributed by atoms with E-state index in [0.29, 0.717) is 55.4 Å². The summed E-state index contributed by atoms with van der Waals surface area (Å²) < 4.78 is 16.5. The van der Waals surface area contributed by atoms with Crippen LogP contribution in [0, 0.1) is 5.41 Å². The summed E-state index contributed by atoms with van der Waals surface area (Å²) in [6, 6.07) is 13.9. The molecule has 0 aliphatic carbocycles. The highest BCUT2D eigenvalue weighted by molar-refractivity contribution is 5.97. The summed E-state index contributed by atoms with van der Waals surface area (Å²) in [6.07, 6.45) is -0.947. The van der Waals surface area contributed by atoms with E-state index < -0.39 is 12.2 Å². The van der Waals surface area contributed by atoms with Crippen molar-refractivity contribution in [3.63, 3.8) is 0 Å². The predicted octanol–water partition coefficient (Wildman–Crippen LogP) is 1.85. The van der Waals surface area contributed by atoms with Gasteiger partial charge in [-0.05, 0) is 30.3 Å². The molecule has 2 saturated heterocycles.